The van der Waals surface area contributed by atoms with Crippen LogP contribution in [0.5, 0.6) is 0 Å². The van der Waals surface area contributed by atoms with Crippen molar-refractivity contribution in [1.29, 1.82) is 0 Å². The predicted octanol–water partition coefficient (Wildman–Crippen LogP) is 4.49. The number of β-amino-alcohol motifs (C(OH)–C–C–N with tert-alkyl or cyclic N) is 1. The van der Waals surface area contributed by atoms with Crippen LogP contribution < -0.4 is 4.90 Å². The van der Waals surface area contributed by atoms with E-state index in [0.29, 0.717) is 6.54 Å². The summed E-state index contributed by atoms with van der Waals surface area (Å²) in [6.07, 6.45) is -4.21. The van der Waals surface area contributed by atoms with E-state index in [-0.39, 0.29) is 18.5 Å². The number of anilines is 1. The average molecular weight is 402 g/mol. The third-order valence-electron chi connectivity index (χ3n) is 5.18. The molecule has 0 radical (unpaired) electrons. The Morgan fingerprint density at radius 2 is 1.97 bits per heavy atom. The lowest BCUT2D eigenvalue weighted by molar-refractivity contribution is -0.137. The van der Waals surface area contributed by atoms with Crippen molar-refractivity contribution < 1.29 is 23.1 Å². The standard InChI is InChI=1S/C22H21F3N2O2/c1-14-4-6-16-8-9-27(19(16)10-14)13-21(2,29)20(28)12-15-5-7-18(26-3)17(11-15)22(23,24)25/h4-7,10-11,29H,8-9,12-13H2,1-2H3/t21-/m0/s1. The number of halogens is 3. The Hall–Kier alpha value is -2.85. The highest BCUT2D eigenvalue weighted by Gasteiger charge is 2.36. The minimum atomic E-state index is -4.68. The fourth-order valence-electron chi connectivity index (χ4n) is 3.57. The summed E-state index contributed by atoms with van der Waals surface area (Å²) in [4.78, 5) is 17.5. The number of fused-ring (bicyclic) bond motifs is 1. The van der Waals surface area contributed by atoms with Crippen LogP contribution in [0.25, 0.3) is 4.85 Å². The van der Waals surface area contributed by atoms with Crippen molar-refractivity contribution in [3.05, 3.63) is 70.1 Å². The lowest BCUT2D eigenvalue weighted by atomic mass is 9.93. The number of rotatable bonds is 5. The van der Waals surface area contributed by atoms with E-state index >= 15 is 0 Å². The van der Waals surface area contributed by atoms with Gasteiger partial charge in [-0.25, -0.2) is 4.85 Å². The van der Waals surface area contributed by atoms with E-state index in [4.69, 9.17) is 6.57 Å². The van der Waals surface area contributed by atoms with Crippen LogP contribution in [0.1, 0.15) is 29.2 Å². The molecule has 0 amide bonds. The van der Waals surface area contributed by atoms with Crippen LogP contribution in [-0.2, 0) is 23.8 Å². The molecule has 0 bridgehead atoms. The molecule has 3 rings (SSSR count). The lowest BCUT2D eigenvalue weighted by Gasteiger charge is -2.30. The van der Waals surface area contributed by atoms with Crippen molar-refractivity contribution in [2.24, 2.45) is 0 Å². The average Bonchev–Trinajstić information content (AvgIpc) is 3.02. The molecule has 1 atom stereocenters. The highest BCUT2D eigenvalue weighted by atomic mass is 19.4. The number of carbonyl (C=O) groups is 1. The van der Waals surface area contributed by atoms with Crippen LogP contribution >= 0.6 is 0 Å². The number of Topliss-reactive ketones (excluding diaryl/α,β-unsaturated/α-hetero) is 1. The Balaban J connectivity index is 1.77. The van der Waals surface area contributed by atoms with Crippen LogP contribution in [0.4, 0.5) is 24.5 Å². The zero-order valence-electron chi connectivity index (χ0n) is 16.2. The maximum Gasteiger partial charge on any atom is 0.407 e. The zero-order valence-corrected chi connectivity index (χ0v) is 16.2. The third-order valence-corrected chi connectivity index (χ3v) is 5.18. The lowest BCUT2D eigenvalue weighted by Crippen LogP contribution is -2.47. The Morgan fingerprint density at radius 1 is 1.24 bits per heavy atom. The maximum absolute atomic E-state index is 13.1. The summed E-state index contributed by atoms with van der Waals surface area (Å²) in [5, 5.41) is 10.8. The Bertz CT molecular complexity index is 991. The Kier molecular flexibility index (Phi) is 5.42. The smallest absolute Gasteiger partial charge is 0.380 e. The molecule has 1 aliphatic heterocycles. The van der Waals surface area contributed by atoms with E-state index < -0.39 is 28.8 Å². The van der Waals surface area contributed by atoms with Gasteiger partial charge in [0.2, 0.25) is 0 Å². The number of hydrogen-bond donors (Lipinski definition) is 1. The van der Waals surface area contributed by atoms with E-state index in [9.17, 15) is 23.1 Å². The maximum atomic E-state index is 13.1. The van der Waals surface area contributed by atoms with Gasteiger partial charge in [0.1, 0.15) is 5.60 Å². The van der Waals surface area contributed by atoms with Crippen molar-refractivity contribution >= 4 is 17.2 Å². The highest BCUT2D eigenvalue weighted by Crippen LogP contribution is 2.37. The molecule has 0 aliphatic carbocycles. The number of ketones is 1. The van der Waals surface area contributed by atoms with Gasteiger partial charge >= 0.3 is 6.18 Å². The van der Waals surface area contributed by atoms with E-state index in [1.165, 1.54) is 13.0 Å². The molecule has 1 heterocycles. The first kappa shape index (κ1) is 20.9. The van der Waals surface area contributed by atoms with E-state index in [1.54, 1.807) is 0 Å². The van der Waals surface area contributed by atoms with Gasteiger partial charge in [-0.05, 0) is 43.0 Å². The molecule has 29 heavy (non-hydrogen) atoms. The Morgan fingerprint density at radius 3 is 2.62 bits per heavy atom. The number of hydrogen-bond acceptors (Lipinski definition) is 3. The van der Waals surface area contributed by atoms with Gasteiger partial charge in [-0.1, -0.05) is 30.3 Å². The molecule has 0 saturated heterocycles. The molecule has 7 heteroatoms. The molecule has 0 fully saturated rings. The van der Waals surface area contributed by atoms with Crippen molar-refractivity contribution in [1.82, 2.24) is 0 Å². The number of aryl methyl sites for hydroxylation is 1. The van der Waals surface area contributed by atoms with E-state index in [0.717, 1.165) is 35.4 Å². The first-order valence-electron chi connectivity index (χ1n) is 9.19. The predicted molar refractivity (Wildman–Crippen MR) is 104 cm³/mol. The van der Waals surface area contributed by atoms with Gasteiger partial charge in [0.15, 0.2) is 11.5 Å². The number of alkyl halides is 3. The molecular weight excluding hydrogens is 381 g/mol. The summed E-state index contributed by atoms with van der Waals surface area (Å²) in [5.41, 5.74) is 0.00405. The number of carbonyl (C=O) groups excluding carboxylic acids is 1. The molecule has 2 aromatic rings. The van der Waals surface area contributed by atoms with E-state index in [1.807, 2.05) is 30.0 Å². The molecule has 0 saturated carbocycles. The van der Waals surface area contributed by atoms with Crippen molar-refractivity contribution in [3.63, 3.8) is 0 Å². The SMILES string of the molecule is [C-]#[N+]c1ccc(CC(=O)[C@@](C)(O)CN2CCc3ccc(C)cc32)cc1C(F)(F)F. The second kappa shape index (κ2) is 7.53. The number of aliphatic hydroxyl groups is 1. The highest BCUT2D eigenvalue weighted by molar-refractivity contribution is 5.89. The van der Waals surface area contributed by atoms with Gasteiger partial charge in [0.25, 0.3) is 0 Å². The van der Waals surface area contributed by atoms with Gasteiger partial charge in [-0.3, -0.25) is 4.79 Å². The summed E-state index contributed by atoms with van der Waals surface area (Å²) in [7, 11) is 0. The minimum absolute atomic E-state index is 0.0640. The van der Waals surface area contributed by atoms with Gasteiger partial charge in [0, 0.05) is 18.7 Å². The largest absolute Gasteiger partial charge is 0.407 e. The van der Waals surface area contributed by atoms with Crippen molar-refractivity contribution in [3.8, 4) is 0 Å². The molecule has 0 aromatic heterocycles. The fourth-order valence-corrected chi connectivity index (χ4v) is 3.57. The van der Waals surface area contributed by atoms with Crippen LogP contribution in [0.15, 0.2) is 36.4 Å². The summed E-state index contributed by atoms with van der Waals surface area (Å²) >= 11 is 0. The summed E-state index contributed by atoms with van der Waals surface area (Å²) < 4.78 is 39.4. The quantitative estimate of drug-likeness (QED) is 0.750. The van der Waals surface area contributed by atoms with Gasteiger partial charge < -0.3 is 10.0 Å². The summed E-state index contributed by atoms with van der Waals surface area (Å²) in [6.45, 7) is 11.0. The molecule has 0 spiro atoms. The molecule has 2 aromatic carbocycles. The number of nitrogens with zero attached hydrogens (tertiary/aromatic N) is 2. The van der Waals surface area contributed by atoms with Crippen molar-refractivity contribution in [2.75, 3.05) is 18.0 Å². The fraction of sp³-hybridized carbons (Fsp3) is 0.364. The first-order chi connectivity index (χ1) is 13.5. The van der Waals surface area contributed by atoms with Crippen molar-refractivity contribution in [2.45, 2.75) is 38.5 Å². The monoisotopic (exact) mass is 402 g/mol. The molecular formula is C22H21F3N2O2. The topological polar surface area (TPSA) is 44.9 Å². The van der Waals surface area contributed by atoms with Crippen LogP contribution in [0.3, 0.4) is 0 Å². The molecule has 152 valence electrons. The Labute approximate surface area is 167 Å². The second-order valence-corrected chi connectivity index (χ2v) is 7.64. The normalized spacial score (nSPS) is 15.6. The van der Waals surface area contributed by atoms with Crippen LogP contribution in [0, 0.1) is 13.5 Å². The van der Waals surface area contributed by atoms with E-state index in [2.05, 4.69) is 4.85 Å². The third kappa shape index (κ3) is 4.43. The number of benzene rings is 2. The first-order valence-corrected chi connectivity index (χ1v) is 9.19. The molecule has 0 unspecified atom stereocenters. The van der Waals surface area contributed by atoms with Gasteiger partial charge in [-0.15, -0.1) is 0 Å². The zero-order chi connectivity index (χ0) is 21.4. The molecule has 1 aliphatic rings. The summed E-state index contributed by atoms with van der Waals surface area (Å²) in [6, 6.07) is 9.24. The molecule has 4 nitrogen and oxygen atoms in total. The van der Waals surface area contributed by atoms with Gasteiger partial charge in [0.05, 0.1) is 18.7 Å². The second-order valence-electron chi connectivity index (χ2n) is 7.64. The van der Waals surface area contributed by atoms with Crippen LogP contribution in [0.2, 0.25) is 0 Å². The molecule has 1 N–H and O–H groups in total. The summed E-state index contributed by atoms with van der Waals surface area (Å²) in [5.74, 6) is -0.567. The van der Waals surface area contributed by atoms with Crippen LogP contribution in [-0.4, -0.2) is 29.6 Å². The van der Waals surface area contributed by atoms with Gasteiger partial charge in [-0.2, -0.15) is 13.2 Å². The minimum Gasteiger partial charge on any atom is -0.380 e.